The first kappa shape index (κ1) is 29.2. The number of allylic oxidation sites excluding steroid dienone is 4. The smallest absolute Gasteiger partial charge is 0.306 e. The number of rotatable bonds is 6. The van der Waals surface area contributed by atoms with Crippen molar-refractivity contribution in [1.82, 2.24) is 0 Å². The fraction of sp³-hybridized carbons (Fsp3) is 0.714. The zero-order valence-electron chi connectivity index (χ0n) is 22.3. The molecular formula is C28H39FO8. The Hall–Kier alpha value is -2.39. The summed E-state index contributed by atoms with van der Waals surface area (Å²) in [6, 6.07) is 0. The predicted octanol–water partition coefficient (Wildman–Crippen LogP) is 2.99. The lowest BCUT2D eigenvalue weighted by atomic mass is 9.44. The van der Waals surface area contributed by atoms with E-state index in [1.54, 1.807) is 33.8 Å². The molecule has 0 bridgehead atoms. The predicted molar refractivity (Wildman–Crippen MR) is 132 cm³/mol. The van der Waals surface area contributed by atoms with Crippen molar-refractivity contribution < 1.29 is 43.6 Å². The van der Waals surface area contributed by atoms with Crippen LogP contribution < -0.4 is 0 Å². The van der Waals surface area contributed by atoms with E-state index in [9.17, 15) is 24.3 Å². The fourth-order valence-electron chi connectivity index (χ4n) is 8.01. The molecule has 3 saturated carbocycles. The standard InChI is InChI=1S/C28H37FO7.H2O/c1-6-23(33)35-15-22(32)28(36-24(34)7-2)16(3)12-20-19-9-8-17-13-18(30)10-11-25(17,4)27(19,29)21(31)14-26(20,28)5;/h10-11,13,16,19-21,31H,6-9,12,14-15H2,1-5H3;1H2/t16-,19?,20?,21?,25-,26-,27-,28-;/m0./s1. The molecule has 0 aromatic rings. The third-order valence-corrected chi connectivity index (χ3v) is 9.81. The van der Waals surface area contributed by atoms with E-state index in [-0.39, 0.29) is 36.4 Å². The van der Waals surface area contributed by atoms with Gasteiger partial charge in [0, 0.05) is 35.5 Å². The third kappa shape index (κ3) is 3.83. The summed E-state index contributed by atoms with van der Waals surface area (Å²) in [5, 5.41) is 11.5. The maximum absolute atomic E-state index is 17.4. The highest BCUT2D eigenvalue weighted by Crippen LogP contribution is 2.71. The summed E-state index contributed by atoms with van der Waals surface area (Å²) >= 11 is 0. The van der Waals surface area contributed by atoms with Gasteiger partial charge in [-0.3, -0.25) is 19.2 Å². The van der Waals surface area contributed by atoms with Gasteiger partial charge in [0.1, 0.15) is 0 Å². The number of aliphatic hydroxyl groups excluding tert-OH is 1. The molecule has 4 rings (SSSR count). The molecule has 3 N–H and O–H groups in total. The summed E-state index contributed by atoms with van der Waals surface area (Å²) in [6.07, 6.45) is 4.32. The van der Waals surface area contributed by atoms with Crippen LogP contribution in [0, 0.1) is 28.6 Å². The van der Waals surface area contributed by atoms with Crippen molar-refractivity contribution in [2.45, 2.75) is 90.5 Å². The number of carbonyl (C=O) groups is 4. The van der Waals surface area contributed by atoms with Crippen LogP contribution in [0.4, 0.5) is 4.39 Å². The van der Waals surface area contributed by atoms with Crippen molar-refractivity contribution in [2.75, 3.05) is 6.61 Å². The van der Waals surface area contributed by atoms with Gasteiger partial charge in [0.05, 0.1) is 6.10 Å². The van der Waals surface area contributed by atoms with Gasteiger partial charge in [-0.15, -0.1) is 0 Å². The summed E-state index contributed by atoms with van der Waals surface area (Å²) in [5.41, 5.74) is -5.26. The van der Waals surface area contributed by atoms with Crippen LogP contribution in [0.1, 0.15) is 73.1 Å². The van der Waals surface area contributed by atoms with Crippen LogP contribution in [0.25, 0.3) is 0 Å². The van der Waals surface area contributed by atoms with Gasteiger partial charge < -0.3 is 20.1 Å². The number of halogens is 1. The van der Waals surface area contributed by atoms with Crippen LogP contribution in [0.5, 0.6) is 0 Å². The molecule has 3 unspecified atom stereocenters. The second-order valence-electron chi connectivity index (χ2n) is 11.4. The number of carbonyl (C=O) groups excluding carboxylic acids is 4. The number of Topliss-reactive ketones (excluding diaryl/α,β-unsaturated/α-hetero) is 1. The van der Waals surface area contributed by atoms with E-state index in [0.717, 1.165) is 0 Å². The van der Waals surface area contributed by atoms with Crippen molar-refractivity contribution in [3.63, 3.8) is 0 Å². The normalized spacial score (nSPS) is 41.9. The minimum absolute atomic E-state index is 0. The first-order valence-corrected chi connectivity index (χ1v) is 13.0. The van der Waals surface area contributed by atoms with E-state index in [1.165, 1.54) is 12.2 Å². The summed E-state index contributed by atoms with van der Waals surface area (Å²) in [7, 11) is 0. The molecule has 8 nitrogen and oxygen atoms in total. The monoisotopic (exact) mass is 522 g/mol. The molecule has 0 aliphatic heterocycles. The van der Waals surface area contributed by atoms with Gasteiger partial charge in [0.2, 0.25) is 5.78 Å². The van der Waals surface area contributed by atoms with Crippen LogP contribution in [0.2, 0.25) is 0 Å². The number of alkyl halides is 1. The topological polar surface area (TPSA) is 138 Å². The highest BCUT2D eigenvalue weighted by atomic mass is 19.1. The molecule has 0 aromatic heterocycles. The van der Waals surface area contributed by atoms with Crippen LogP contribution >= 0.6 is 0 Å². The Morgan fingerprint density at radius 3 is 2.41 bits per heavy atom. The van der Waals surface area contributed by atoms with E-state index in [0.29, 0.717) is 24.8 Å². The summed E-state index contributed by atoms with van der Waals surface area (Å²) < 4.78 is 28.5. The fourth-order valence-corrected chi connectivity index (χ4v) is 8.01. The largest absolute Gasteiger partial charge is 0.457 e. The number of ether oxygens (including phenoxy) is 2. The van der Waals surface area contributed by atoms with Crippen molar-refractivity contribution in [3.05, 3.63) is 23.8 Å². The maximum atomic E-state index is 17.4. The van der Waals surface area contributed by atoms with Crippen LogP contribution in [-0.4, -0.2) is 58.1 Å². The lowest BCUT2D eigenvalue weighted by Crippen LogP contribution is -2.70. The molecule has 4 aliphatic carbocycles. The molecule has 0 saturated heterocycles. The lowest BCUT2D eigenvalue weighted by molar-refractivity contribution is -0.228. The zero-order valence-corrected chi connectivity index (χ0v) is 22.3. The highest BCUT2D eigenvalue weighted by Gasteiger charge is 2.77. The van der Waals surface area contributed by atoms with Gasteiger partial charge in [-0.2, -0.15) is 0 Å². The van der Waals surface area contributed by atoms with Gasteiger partial charge in [0.15, 0.2) is 23.7 Å². The summed E-state index contributed by atoms with van der Waals surface area (Å²) in [6.45, 7) is 8.05. The number of hydrogen-bond acceptors (Lipinski definition) is 7. The van der Waals surface area contributed by atoms with Crippen molar-refractivity contribution in [2.24, 2.45) is 28.6 Å². The van der Waals surface area contributed by atoms with E-state index >= 15 is 4.39 Å². The molecule has 4 aliphatic rings. The number of aliphatic hydroxyl groups is 1. The average molecular weight is 523 g/mol. The van der Waals surface area contributed by atoms with E-state index in [4.69, 9.17) is 9.47 Å². The Bertz CT molecular complexity index is 1050. The molecule has 0 spiro atoms. The van der Waals surface area contributed by atoms with Crippen LogP contribution in [0.3, 0.4) is 0 Å². The number of fused-ring (bicyclic) bond motifs is 5. The molecule has 0 amide bonds. The Labute approximate surface area is 217 Å². The van der Waals surface area contributed by atoms with E-state index in [1.807, 2.05) is 6.92 Å². The molecule has 37 heavy (non-hydrogen) atoms. The first-order valence-electron chi connectivity index (χ1n) is 13.0. The third-order valence-electron chi connectivity index (χ3n) is 9.81. The van der Waals surface area contributed by atoms with Crippen LogP contribution in [-0.2, 0) is 28.7 Å². The van der Waals surface area contributed by atoms with E-state index < -0.39 is 64.4 Å². The SMILES string of the molecule is CCC(=O)OCC(=O)[C@@]1(OC(=O)CC)[C@@H](C)CC2C3CCC4=CC(=O)C=C[C@]4(C)[C@@]3(F)C(O)C[C@@]21C.O. The van der Waals surface area contributed by atoms with Gasteiger partial charge >= 0.3 is 11.9 Å². The van der Waals surface area contributed by atoms with E-state index in [2.05, 4.69) is 0 Å². The molecule has 0 radical (unpaired) electrons. The van der Waals surface area contributed by atoms with Crippen LogP contribution in [0.15, 0.2) is 23.8 Å². The molecule has 0 aromatic carbocycles. The lowest BCUT2D eigenvalue weighted by Gasteiger charge is -2.62. The second-order valence-corrected chi connectivity index (χ2v) is 11.4. The molecule has 0 heterocycles. The quantitative estimate of drug-likeness (QED) is 0.529. The highest BCUT2D eigenvalue weighted by molar-refractivity contribution is 6.01. The molecule has 3 fully saturated rings. The number of esters is 2. The Balaban J connectivity index is 0.00000380. The Morgan fingerprint density at radius 1 is 1.14 bits per heavy atom. The maximum Gasteiger partial charge on any atom is 0.306 e. The van der Waals surface area contributed by atoms with Crippen molar-refractivity contribution >= 4 is 23.5 Å². The van der Waals surface area contributed by atoms with Crippen molar-refractivity contribution in [3.8, 4) is 0 Å². The zero-order chi connectivity index (χ0) is 26.7. The summed E-state index contributed by atoms with van der Waals surface area (Å²) in [4.78, 5) is 50.3. The minimum Gasteiger partial charge on any atom is -0.457 e. The van der Waals surface area contributed by atoms with Gasteiger partial charge in [0.25, 0.3) is 0 Å². The minimum atomic E-state index is -2.05. The summed E-state index contributed by atoms with van der Waals surface area (Å²) in [5.74, 6) is -3.31. The molecular weight excluding hydrogens is 483 g/mol. The number of hydrogen-bond donors (Lipinski definition) is 1. The first-order chi connectivity index (χ1) is 16.8. The molecule has 9 heteroatoms. The average Bonchev–Trinajstić information content (AvgIpc) is 3.05. The van der Waals surface area contributed by atoms with Gasteiger partial charge in [-0.05, 0) is 50.7 Å². The van der Waals surface area contributed by atoms with Gasteiger partial charge in [-0.25, -0.2) is 4.39 Å². The second kappa shape index (κ2) is 9.73. The Kier molecular flexibility index (Phi) is 7.67. The van der Waals surface area contributed by atoms with Gasteiger partial charge in [-0.1, -0.05) is 39.3 Å². The Morgan fingerprint density at radius 2 is 1.78 bits per heavy atom. The van der Waals surface area contributed by atoms with Crippen molar-refractivity contribution in [1.29, 1.82) is 0 Å². The number of ketones is 2. The molecule has 8 atom stereocenters. The molecule has 206 valence electrons.